The van der Waals surface area contributed by atoms with Crippen LogP contribution in [0, 0.1) is 23.0 Å². The highest BCUT2D eigenvalue weighted by molar-refractivity contribution is 5.53. The molecule has 1 N–H and O–H groups in total. The van der Waals surface area contributed by atoms with Gasteiger partial charge < -0.3 is 10.1 Å². The van der Waals surface area contributed by atoms with Gasteiger partial charge in [-0.1, -0.05) is 6.92 Å². The third-order valence-electron chi connectivity index (χ3n) is 2.50. The van der Waals surface area contributed by atoms with Gasteiger partial charge in [0.2, 0.25) is 0 Å². The van der Waals surface area contributed by atoms with Crippen molar-refractivity contribution >= 4 is 11.4 Å². The van der Waals surface area contributed by atoms with Crippen LogP contribution in [0.3, 0.4) is 0 Å². The standard InChI is InChI=1S/C12H18N2O3/c1-9(8-17-3)7-13-11-4-5-12(14(15)16)10(2)6-11/h4-6,9,13H,7-8H2,1-3H3. The number of ether oxygens (including phenoxy) is 1. The van der Waals surface area contributed by atoms with Crippen molar-refractivity contribution in [3.63, 3.8) is 0 Å². The summed E-state index contributed by atoms with van der Waals surface area (Å²) < 4.78 is 5.04. The van der Waals surface area contributed by atoms with E-state index in [0.29, 0.717) is 18.1 Å². The van der Waals surface area contributed by atoms with Gasteiger partial charge in [-0.3, -0.25) is 10.1 Å². The lowest BCUT2D eigenvalue weighted by atomic mass is 10.1. The van der Waals surface area contributed by atoms with Crippen LogP contribution >= 0.6 is 0 Å². The zero-order valence-corrected chi connectivity index (χ0v) is 10.4. The van der Waals surface area contributed by atoms with E-state index < -0.39 is 0 Å². The van der Waals surface area contributed by atoms with Gasteiger partial charge in [-0.25, -0.2) is 0 Å². The fourth-order valence-corrected chi connectivity index (χ4v) is 1.61. The molecular weight excluding hydrogens is 220 g/mol. The number of nitro benzene ring substituents is 1. The summed E-state index contributed by atoms with van der Waals surface area (Å²) in [7, 11) is 1.67. The maximum absolute atomic E-state index is 10.7. The Kier molecular flexibility index (Phi) is 4.90. The molecule has 0 fully saturated rings. The van der Waals surface area contributed by atoms with Gasteiger partial charge in [-0.2, -0.15) is 0 Å². The monoisotopic (exact) mass is 238 g/mol. The van der Waals surface area contributed by atoms with Gasteiger partial charge in [0, 0.05) is 31.0 Å². The smallest absolute Gasteiger partial charge is 0.272 e. The summed E-state index contributed by atoms with van der Waals surface area (Å²) in [6.07, 6.45) is 0. The van der Waals surface area contributed by atoms with Crippen LogP contribution in [-0.2, 0) is 4.74 Å². The number of anilines is 1. The first kappa shape index (κ1) is 13.4. The van der Waals surface area contributed by atoms with Crippen molar-refractivity contribution < 1.29 is 9.66 Å². The van der Waals surface area contributed by atoms with Gasteiger partial charge >= 0.3 is 0 Å². The summed E-state index contributed by atoms with van der Waals surface area (Å²) in [5.41, 5.74) is 1.72. The molecule has 0 aliphatic carbocycles. The normalized spacial score (nSPS) is 12.2. The Morgan fingerprint density at radius 1 is 1.53 bits per heavy atom. The molecule has 0 heterocycles. The second-order valence-electron chi connectivity index (χ2n) is 4.20. The average Bonchev–Trinajstić information content (AvgIpc) is 2.26. The Hall–Kier alpha value is -1.62. The average molecular weight is 238 g/mol. The summed E-state index contributed by atoms with van der Waals surface area (Å²) in [4.78, 5) is 10.3. The number of hydrogen-bond acceptors (Lipinski definition) is 4. The molecule has 1 rings (SSSR count). The van der Waals surface area contributed by atoms with Gasteiger partial charge in [0.05, 0.1) is 11.5 Å². The zero-order chi connectivity index (χ0) is 12.8. The third-order valence-corrected chi connectivity index (χ3v) is 2.50. The number of nitro groups is 1. The second kappa shape index (κ2) is 6.20. The Bertz CT molecular complexity index is 393. The largest absolute Gasteiger partial charge is 0.385 e. The lowest BCUT2D eigenvalue weighted by molar-refractivity contribution is -0.385. The molecule has 0 aliphatic heterocycles. The molecule has 1 atom stereocenters. The highest BCUT2D eigenvalue weighted by Crippen LogP contribution is 2.21. The molecule has 17 heavy (non-hydrogen) atoms. The van der Waals surface area contributed by atoms with Gasteiger partial charge in [0.25, 0.3) is 5.69 Å². The molecule has 0 aromatic heterocycles. The van der Waals surface area contributed by atoms with Crippen molar-refractivity contribution in [2.45, 2.75) is 13.8 Å². The quantitative estimate of drug-likeness (QED) is 0.611. The van der Waals surface area contributed by atoms with E-state index in [1.54, 1.807) is 26.2 Å². The third kappa shape index (κ3) is 4.03. The fraction of sp³-hybridized carbons (Fsp3) is 0.500. The molecule has 0 spiro atoms. The maximum Gasteiger partial charge on any atom is 0.272 e. The number of methoxy groups -OCH3 is 1. The first-order valence-corrected chi connectivity index (χ1v) is 5.52. The lowest BCUT2D eigenvalue weighted by Crippen LogP contribution is -2.15. The van der Waals surface area contributed by atoms with Crippen LogP contribution in [-0.4, -0.2) is 25.2 Å². The number of hydrogen-bond donors (Lipinski definition) is 1. The first-order valence-electron chi connectivity index (χ1n) is 5.52. The molecule has 0 saturated carbocycles. The Balaban J connectivity index is 2.62. The van der Waals surface area contributed by atoms with E-state index in [1.165, 1.54) is 6.07 Å². The van der Waals surface area contributed by atoms with Crippen LogP contribution in [0.2, 0.25) is 0 Å². The van der Waals surface area contributed by atoms with Crippen LogP contribution in [0.1, 0.15) is 12.5 Å². The highest BCUT2D eigenvalue weighted by atomic mass is 16.6. The number of rotatable bonds is 6. The number of nitrogens with one attached hydrogen (secondary N) is 1. The van der Waals surface area contributed by atoms with Gasteiger partial charge in [0.15, 0.2) is 0 Å². The van der Waals surface area contributed by atoms with E-state index in [9.17, 15) is 10.1 Å². The minimum Gasteiger partial charge on any atom is -0.385 e. The van der Waals surface area contributed by atoms with E-state index in [-0.39, 0.29) is 10.6 Å². The van der Waals surface area contributed by atoms with E-state index in [0.717, 1.165) is 12.2 Å². The van der Waals surface area contributed by atoms with Gasteiger partial charge in [-0.15, -0.1) is 0 Å². The van der Waals surface area contributed by atoms with E-state index in [1.807, 2.05) is 0 Å². The van der Waals surface area contributed by atoms with Crippen LogP contribution in [0.15, 0.2) is 18.2 Å². The van der Waals surface area contributed by atoms with Crippen molar-refractivity contribution in [2.24, 2.45) is 5.92 Å². The first-order chi connectivity index (χ1) is 8.04. The van der Waals surface area contributed by atoms with Crippen LogP contribution in [0.25, 0.3) is 0 Å². The molecule has 1 aromatic rings. The summed E-state index contributed by atoms with van der Waals surface area (Å²) in [5.74, 6) is 0.399. The molecule has 94 valence electrons. The molecule has 0 saturated heterocycles. The summed E-state index contributed by atoms with van der Waals surface area (Å²) >= 11 is 0. The molecule has 1 aromatic carbocycles. The number of aryl methyl sites for hydroxylation is 1. The summed E-state index contributed by atoms with van der Waals surface area (Å²) in [6, 6.07) is 5.04. The predicted octanol–water partition coefficient (Wildman–Crippen LogP) is 2.60. The van der Waals surface area contributed by atoms with Gasteiger partial charge in [0.1, 0.15) is 0 Å². The van der Waals surface area contributed by atoms with E-state index in [2.05, 4.69) is 12.2 Å². The van der Waals surface area contributed by atoms with Crippen molar-refractivity contribution in [3.05, 3.63) is 33.9 Å². The predicted molar refractivity (Wildman–Crippen MR) is 67.4 cm³/mol. The Labute approximate surface area is 101 Å². The minimum absolute atomic E-state index is 0.153. The van der Waals surface area contributed by atoms with Crippen LogP contribution in [0.4, 0.5) is 11.4 Å². The molecular formula is C12H18N2O3. The number of nitrogens with zero attached hydrogens (tertiary/aromatic N) is 1. The van der Waals surface area contributed by atoms with E-state index in [4.69, 9.17) is 4.74 Å². The Morgan fingerprint density at radius 3 is 2.76 bits per heavy atom. The fourth-order valence-electron chi connectivity index (χ4n) is 1.61. The number of benzene rings is 1. The van der Waals surface area contributed by atoms with Crippen molar-refractivity contribution in [1.29, 1.82) is 0 Å². The molecule has 0 bridgehead atoms. The van der Waals surface area contributed by atoms with E-state index >= 15 is 0 Å². The Morgan fingerprint density at radius 2 is 2.24 bits per heavy atom. The highest BCUT2D eigenvalue weighted by Gasteiger charge is 2.10. The van der Waals surface area contributed by atoms with Crippen LogP contribution < -0.4 is 5.32 Å². The topological polar surface area (TPSA) is 64.4 Å². The van der Waals surface area contributed by atoms with Crippen molar-refractivity contribution in [3.8, 4) is 0 Å². The minimum atomic E-state index is -0.368. The van der Waals surface area contributed by atoms with Gasteiger partial charge in [-0.05, 0) is 25.0 Å². The zero-order valence-electron chi connectivity index (χ0n) is 10.4. The van der Waals surface area contributed by atoms with Crippen molar-refractivity contribution in [1.82, 2.24) is 0 Å². The summed E-state index contributed by atoms with van der Waals surface area (Å²) in [6.45, 7) is 5.29. The molecule has 0 radical (unpaired) electrons. The SMILES string of the molecule is COCC(C)CNc1ccc([N+](=O)[O-])c(C)c1. The molecule has 5 nitrogen and oxygen atoms in total. The second-order valence-corrected chi connectivity index (χ2v) is 4.20. The molecule has 5 heteroatoms. The lowest BCUT2D eigenvalue weighted by Gasteiger charge is -2.12. The maximum atomic E-state index is 10.7. The summed E-state index contributed by atoms with van der Waals surface area (Å²) in [5, 5.41) is 13.9. The molecule has 1 unspecified atom stereocenters. The van der Waals surface area contributed by atoms with Crippen LogP contribution in [0.5, 0.6) is 0 Å². The van der Waals surface area contributed by atoms with Crippen molar-refractivity contribution in [2.75, 3.05) is 25.6 Å². The molecule has 0 amide bonds. The molecule has 0 aliphatic rings.